The van der Waals surface area contributed by atoms with Crippen LogP contribution in [0, 0.1) is 11.6 Å². The topological polar surface area (TPSA) is 49.3 Å². The van der Waals surface area contributed by atoms with E-state index in [1.165, 1.54) is 18.2 Å². The fourth-order valence-corrected chi connectivity index (χ4v) is 1.88. The Bertz CT molecular complexity index is 629. The first-order valence-electron chi connectivity index (χ1n) is 6.08. The summed E-state index contributed by atoms with van der Waals surface area (Å²) >= 11 is 0. The molecule has 0 fully saturated rings. The predicted octanol–water partition coefficient (Wildman–Crippen LogP) is 3.32. The van der Waals surface area contributed by atoms with Crippen molar-refractivity contribution in [1.29, 1.82) is 0 Å². The summed E-state index contributed by atoms with van der Waals surface area (Å²) in [6.07, 6.45) is 0.406. The number of benzene rings is 2. The van der Waals surface area contributed by atoms with E-state index in [9.17, 15) is 13.6 Å². The van der Waals surface area contributed by atoms with Crippen LogP contribution < -0.4 is 5.32 Å². The monoisotopic (exact) mass is 277 g/mol. The lowest BCUT2D eigenvalue weighted by Gasteiger charge is -2.10. The highest BCUT2D eigenvalue weighted by Gasteiger charge is 2.11. The number of anilines is 1. The molecule has 0 atom stereocenters. The number of aromatic carboxylic acids is 1. The molecule has 0 aliphatic heterocycles. The number of hydrogen-bond donors (Lipinski definition) is 2. The number of carbonyl (C=O) groups is 1. The van der Waals surface area contributed by atoms with Gasteiger partial charge in [-0.1, -0.05) is 18.2 Å². The third-order valence-electron chi connectivity index (χ3n) is 2.88. The lowest BCUT2D eigenvalue weighted by molar-refractivity contribution is 0.0697. The lowest BCUT2D eigenvalue weighted by atomic mass is 10.1. The summed E-state index contributed by atoms with van der Waals surface area (Å²) in [6.45, 7) is 0.354. The maximum Gasteiger partial charge on any atom is 0.337 e. The van der Waals surface area contributed by atoms with E-state index in [1.807, 2.05) is 0 Å². The van der Waals surface area contributed by atoms with Crippen molar-refractivity contribution in [2.24, 2.45) is 0 Å². The van der Waals surface area contributed by atoms with Crippen LogP contribution in [0.15, 0.2) is 42.5 Å². The van der Waals surface area contributed by atoms with Gasteiger partial charge in [-0.2, -0.15) is 0 Å². The number of nitrogens with one attached hydrogen (secondary N) is 1. The second-order valence-corrected chi connectivity index (χ2v) is 4.26. The maximum absolute atomic E-state index is 13.4. The third-order valence-corrected chi connectivity index (χ3v) is 2.88. The van der Waals surface area contributed by atoms with Crippen LogP contribution in [-0.2, 0) is 6.42 Å². The number of halogens is 2. The second kappa shape index (κ2) is 6.14. The number of carboxylic acids is 1. The van der Waals surface area contributed by atoms with E-state index in [1.54, 1.807) is 18.2 Å². The van der Waals surface area contributed by atoms with Crippen molar-refractivity contribution < 1.29 is 18.7 Å². The van der Waals surface area contributed by atoms with Crippen molar-refractivity contribution in [2.45, 2.75) is 6.42 Å². The molecule has 0 saturated carbocycles. The van der Waals surface area contributed by atoms with Gasteiger partial charge in [-0.3, -0.25) is 0 Å². The van der Waals surface area contributed by atoms with Gasteiger partial charge in [0.05, 0.1) is 5.56 Å². The summed E-state index contributed by atoms with van der Waals surface area (Å²) < 4.78 is 26.4. The van der Waals surface area contributed by atoms with E-state index >= 15 is 0 Å². The van der Waals surface area contributed by atoms with Crippen molar-refractivity contribution in [3.05, 3.63) is 65.2 Å². The molecule has 0 amide bonds. The number of rotatable bonds is 5. The van der Waals surface area contributed by atoms with Crippen LogP contribution in [-0.4, -0.2) is 17.6 Å². The van der Waals surface area contributed by atoms with Gasteiger partial charge >= 0.3 is 5.97 Å². The molecule has 5 heteroatoms. The minimum absolute atomic E-state index is 0.140. The standard InChI is InChI=1S/C15H13F2NO2/c16-11-5-6-14(12(9-11)15(19)20)18-8-7-10-3-1-2-4-13(10)17/h1-6,9,18H,7-8H2,(H,19,20). The molecule has 0 unspecified atom stereocenters. The molecule has 0 aliphatic carbocycles. The zero-order valence-corrected chi connectivity index (χ0v) is 10.6. The Balaban J connectivity index is 2.05. The number of hydrogen-bond acceptors (Lipinski definition) is 2. The average molecular weight is 277 g/mol. The van der Waals surface area contributed by atoms with Gasteiger partial charge in [-0.15, -0.1) is 0 Å². The quantitative estimate of drug-likeness (QED) is 0.881. The lowest BCUT2D eigenvalue weighted by Crippen LogP contribution is -2.10. The van der Waals surface area contributed by atoms with Gasteiger partial charge in [0.25, 0.3) is 0 Å². The van der Waals surface area contributed by atoms with Gasteiger partial charge in [0.1, 0.15) is 11.6 Å². The molecular weight excluding hydrogens is 264 g/mol. The van der Waals surface area contributed by atoms with Gasteiger partial charge in [0.15, 0.2) is 0 Å². The van der Waals surface area contributed by atoms with Crippen LogP contribution in [0.3, 0.4) is 0 Å². The van der Waals surface area contributed by atoms with E-state index in [2.05, 4.69) is 5.32 Å². The molecule has 0 aliphatic rings. The Hall–Kier alpha value is -2.43. The van der Waals surface area contributed by atoms with E-state index in [0.717, 1.165) is 6.07 Å². The van der Waals surface area contributed by atoms with Crippen molar-refractivity contribution in [3.8, 4) is 0 Å². The smallest absolute Gasteiger partial charge is 0.337 e. The van der Waals surface area contributed by atoms with Crippen molar-refractivity contribution in [3.63, 3.8) is 0 Å². The predicted molar refractivity (Wildman–Crippen MR) is 72.0 cm³/mol. The van der Waals surface area contributed by atoms with Crippen LogP contribution in [0.1, 0.15) is 15.9 Å². The highest BCUT2D eigenvalue weighted by molar-refractivity contribution is 5.94. The van der Waals surface area contributed by atoms with Gasteiger partial charge in [0, 0.05) is 12.2 Å². The zero-order valence-electron chi connectivity index (χ0n) is 10.6. The van der Waals surface area contributed by atoms with E-state index in [0.29, 0.717) is 24.2 Å². The maximum atomic E-state index is 13.4. The van der Waals surface area contributed by atoms with E-state index in [4.69, 9.17) is 5.11 Å². The molecule has 3 nitrogen and oxygen atoms in total. The molecule has 2 N–H and O–H groups in total. The molecule has 0 saturated heterocycles. The molecule has 0 bridgehead atoms. The van der Waals surface area contributed by atoms with Crippen LogP contribution in [0.2, 0.25) is 0 Å². The molecule has 104 valence electrons. The van der Waals surface area contributed by atoms with Crippen molar-refractivity contribution in [2.75, 3.05) is 11.9 Å². The Labute approximate surface area is 114 Å². The van der Waals surface area contributed by atoms with Crippen LogP contribution in [0.4, 0.5) is 14.5 Å². The summed E-state index contributed by atoms with van der Waals surface area (Å²) in [7, 11) is 0. The first-order chi connectivity index (χ1) is 9.58. The minimum Gasteiger partial charge on any atom is -0.478 e. The average Bonchev–Trinajstić information content (AvgIpc) is 2.42. The van der Waals surface area contributed by atoms with Gasteiger partial charge in [-0.25, -0.2) is 13.6 Å². The summed E-state index contributed by atoms with van der Waals surface area (Å²) in [4.78, 5) is 11.0. The normalized spacial score (nSPS) is 10.3. The second-order valence-electron chi connectivity index (χ2n) is 4.26. The molecule has 2 aromatic rings. The first-order valence-corrected chi connectivity index (χ1v) is 6.08. The van der Waals surface area contributed by atoms with Crippen LogP contribution in [0.25, 0.3) is 0 Å². The summed E-state index contributed by atoms with van der Waals surface area (Å²) in [6, 6.07) is 9.87. The van der Waals surface area contributed by atoms with Gasteiger partial charge in [0.2, 0.25) is 0 Å². The largest absolute Gasteiger partial charge is 0.478 e. The molecule has 0 heterocycles. The fourth-order valence-electron chi connectivity index (χ4n) is 1.88. The Morgan fingerprint density at radius 1 is 1.15 bits per heavy atom. The summed E-state index contributed by atoms with van der Waals surface area (Å²) in [5.74, 6) is -2.12. The van der Waals surface area contributed by atoms with E-state index in [-0.39, 0.29) is 11.4 Å². The minimum atomic E-state index is -1.21. The SMILES string of the molecule is O=C(O)c1cc(F)ccc1NCCc1ccccc1F. The first kappa shape index (κ1) is 14.0. The van der Waals surface area contributed by atoms with Crippen molar-refractivity contribution >= 4 is 11.7 Å². The molecule has 0 radical (unpaired) electrons. The van der Waals surface area contributed by atoms with Crippen molar-refractivity contribution in [1.82, 2.24) is 0 Å². The fraction of sp³-hybridized carbons (Fsp3) is 0.133. The summed E-state index contributed by atoms with van der Waals surface area (Å²) in [5, 5.41) is 11.9. The molecule has 0 spiro atoms. The highest BCUT2D eigenvalue weighted by Crippen LogP contribution is 2.17. The molecule has 2 rings (SSSR count). The highest BCUT2D eigenvalue weighted by atomic mass is 19.1. The zero-order chi connectivity index (χ0) is 14.5. The molecule has 2 aromatic carbocycles. The molecular formula is C15H13F2NO2. The third kappa shape index (κ3) is 3.32. The Morgan fingerprint density at radius 3 is 2.60 bits per heavy atom. The molecule has 0 aromatic heterocycles. The van der Waals surface area contributed by atoms with Gasteiger partial charge in [-0.05, 0) is 36.2 Å². The van der Waals surface area contributed by atoms with E-state index < -0.39 is 11.8 Å². The Morgan fingerprint density at radius 2 is 1.90 bits per heavy atom. The molecule has 20 heavy (non-hydrogen) atoms. The Kier molecular flexibility index (Phi) is 4.30. The van der Waals surface area contributed by atoms with Crippen LogP contribution in [0.5, 0.6) is 0 Å². The van der Waals surface area contributed by atoms with Crippen LogP contribution >= 0.6 is 0 Å². The summed E-state index contributed by atoms with van der Waals surface area (Å²) in [5.41, 5.74) is 0.716. The van der Waals surface area contributed by atoms with Gasteiger partial charge < -0.3 is 10.4 Å². The number of carboxylic acid groups (broad SMARTS) is 1.